The number of likely N-dealkylation sites (tertiary alicyclic amines) is 1. The van der Waals surface area contributed by atoms with Gasteiger partial charge in [-0.25, -0.2) is 0 Å². The summed E-state index contributed by atoms with van der Waals surface area (Å²) in [7, 11) is -5.03. The molecule has 2 aromatic rings. The van der Waals surface area contributed by atoms with Crippen LogP contribution in [0.4, 0.5) is 17.1 Å². The van der Waals surface area contributed by atoms with Gasteiger partial charge in [-0.1, -0.05) is 28.2 Å². The minimum absolute atomic E-state index is 0.0905. The highest BCUT2D eigenvalue weighted by Crippen LogP contribution is 2.33. The fourth-order valence-corrected chi connectivity index (χ4v) is 3.73. The SMILES string of the molecule is O=S(=O)(F)Oc1ccc(CN2CCC(c3ccc(C(F)(F)F)cc3)CC2)cc1. The quantitative estimate of drug-likeness (QED) is 0.524. The van der Waals surface area contributed by atoms with Gasteiger partial charge in [-0.05, 0) is 67.2 Å². The summed E-state index contributed by atoms with van der Waals surface area (Å²) < 4.78 is 75.6. The molecule has 0 spiro atoms. The van der Waals surface area contributed by atoms with Gasteiger partial charge in [-0.2, -0.15) is 21.6 Å². The van der Waals surface area contributed by atoms with Gasteiger partial charge in [0, 0.05) is 6.54 Å². The lowest BCUT2D eigenvalue weighted by atomic mass is 9.89. The number of hydrogen-bond donors (Lipinski definition) is 0. The summed E-state index contributed by atoms with van der Waals surface area (Å²) in [6, 6.07) is 11.5. The molecule has 28 heavy (non-hydrogen) atoms. The van der Waals surface area contributed by atoms with E-state index in [0.717, 1.165) is 49.2 Å². The molecule has 2 aromatic carbocycles. The van der Waals surface area contributed by atoms with Crippen molar-refractivity contribution in [3.63, 3.8) is 0 Å². The molecule has 1 aliphatic rings. The predicted molar refractivity (Wildman–Crippen MR) is 95.8 cm³/mol. The first kappa shape index (κ1) is 20.6. The van der Waals surface area contributed by atoms with Gasteiger partial charge in [0.15, 0.2) is 0 Å². The Hall–Kier alpha value is -2.13. The number of piperidine rings is 1. The zero-order chi connectivity index (χ0) is 20.4. The molecule has 1 saturated heterocycles. The summed E-state index contributed by atoms with van der Waals surface area (Å²) in [6.07, 6.45) is -2.64. The highest BCUT2D eigenvalue weighted by Gasteiger charge is 2.30. The average molecular weight is 417 g/mol. The first-order valence-corrected chi connectivity index (χ1v) is 10.0. The second-order valence-corrected chi connectivity index (χ2v) is 7.74. The second-order valence-electron chi connectivity index (χ2n) is 6.79. The van der Waals surface area contributed by atoms with E-state index in [4.69, 9.17) is 0 Å². The molecule has 0 unspecified atom stereocenters. The summed E-state index contributed by atoms with van der Waals surface area (Å²) in [6.45, 7) is 2.23. The van der Waals surface area contributed by atoms with Crippen molar-refractivity contribution >= 4 is 10.5 Å². The molecule has 1 fully saturated rings. The van der Waals surface area contributed by atoms with Crippen LogP contribution in [0.15, 0.2) is 48.5 Å². The van der Waals surface area contributed by atoms with Crippen LogP contribution < -0.4 is 4.18 Å². The summed E-state index contributed by atoms with van der Waals surface area (Å²) in [5.41, 5.74) is 1.21. The van der Waals surface area contributed by atoms with E-state index >= 15 is 0 Å². The van der Waals surface area contributed by atoms with Crippen molar-refractivity contribution in [2.75, 3.05) is 13.1 Å². The van der Waals surface area contributed by atoms with Crippen molar-refractivity contribution in [3.05, 3.63) is 65.2 Å². The van der Waals surface area contributed by atoms with Gasteiger partial charge >= 0.3 is 16.7 Å². The Kier molecular flexibility index (Phi) is 5.95. The highest BCUT2D eigenvalue weighted by atomic mass is 32.3. The number of hydrogen-bond acceptors (Lipinski definition) is 4. The zero-order valence-corrected chi connectivity index (χ0v) is 15.6. The van der Waals surface area contributed by atoms with Crippen LogP contribution in [0.1, 0.15) is 35.4 Å². The molecule has 0 aromatic heterocycles. The fourth-order valence-electron chi connectivity index (χ4n) is 3.39. The molecule has 3 rings (SSSR count). The van der Waals surface area contributed by atoms with Crippen LogP contribution in [0, 0.1) is 0 Å². The lowest BCUT2D eigenvalue weighted by Gasteiger charge is -2.32. The minimum atomic E-state index is -5.03. The lowest BCUT2D eigenvalue weighted by molar-refractivity contribution is -0.137. The Labute approximate surface area is 161 Å². The van der Waals surface area contributed by atoms with E-state index in [9.17, 15) is 25.5 Å². The maximum atomic E-state index is 12.7. The second kappa shape index (κ2) is 8.08. The Bertz CT molecular complexity index is 888. The fraction of sp³-hybridized carbons (Fsp3) is 0.368. The van der Waals surface area contributed by atoms with Crippen LogP contribution in [-0.4, -0.2) is 26.4 Å². The van der Waals surface area contributed by atoms with E-state index in [-0.39, 0.29) is 11.7 Å². The molecule has 0 bridgehead atoms. The maximum Gasteiger partial charge on any atom is 0.488 e. The number of alkyl halides is 3. The molecule has 1 aliphatic heterocycles. The molecule has 0 aliphatic carbocycles. The first-order valence-electron chi connectivity index (χ1n) is 8.73. The van der Waals surface area contributed by atoms with E-state index in [0.29, 0.717) is 6.54 Å². The summed E-state index contributed by atoms with van der Waals surface area (Å²) in [4.78, 5) is 2.21. The molecular formula is C19H19F4NO3S. The van der Waals surface area contributed by atoms with Crippen LogP contribution in [0.5, 0.6) is 5.75 Å². The first-order chi connectivity index (χ1) is 13.1. The zero-order valence-electron chi connectivity index (χ0n) is 14.8. The smallest absolute Gasteiger partial charge is 0.358 e. The third-order valence-corrected chi connectivity index (χ3v) is 5.21. The highest BCUT2D eigenvalue weighted by molar-refractivity contribution is 7.81. The summed E-state index contributed by atoms with van der Waals surface area (Å²) >= 11 is 0. The Morgan fingerprint density at radius 1 is 0.964 bits per heavy atom. The molecular weight excluding hydrogens is 398 g/mol. The molecule has 1 heterocycles. The molecule has 0 saturated carbocycles. The van der Waals surface area contributed by atoms with Crippen molar-refractivity contribution in [2.45, 2.75) is 31.5 Å². The Morgan fingerprint density at radius 3 is 2.04 bits per heavy atom. The van der Waals surface area contributed by atoms with Crippen molar-refractivity contribution in [1.29, 1.82) is 0 Å². The third kappa shape index (κ3) is 5.68. The normalized spacial score (nSPS) is 16.9. The van der Waals surface area contributed by atoms with Crippen LogP contribution in [0.2, 0.25) is 0 Å². The predicted octanol–water partition coefficient (Wildman–Crippen LogP) is 4.68. The van der Waals surface area contributed by atoms with E-state index < -0.39 is 22.2 Å². The molecule has 0 amide bonds. The van der Waals surface area contributed by atoms with Crippen LogP contribution >= 0.6 is 0 Å². The number of rotatable bonds is 5. The standard InChI is InChI=1S/C19H19F4NO3S/c20-19(21,22)17-5-3-15(4-6-17)16-9-11-24(12-10-16)13-14-1-7-18(8-2-14)27-28(23,25)26/h1-8,16H,9-13H2. The Morgan fingerprint density at radius 2 is 1.54 bits per heavy atom. The van der Waals surface area contributed by atoms with Gasteiger partial charge < -0.3 is 4.18 Å². The number of benzene rings is 2. The van der Waals surface area contributed by atoms with Crippen molar-refractivity contribution in [2.24, 2.45) is 0 Å². The molecule has 152 valence electrons. The molecule has 0 atom stereocenters. The van der Waals surface area contributed by atoms with Gasteiger partial charge in [0.05, 0.1) is 5.56 Å². The van der Waals surface area contributed by atoms with E-state index in [1.165, 1.54) is 12.1 Å². The maximum absolute atomic E-state index is 12.7. The van der Waals surface area contributed by atoms with Gasteiger partial charge in [0.1, 0.15) is 5.75 Å². The van der Waals surface area contributed by atoms with Crippen LogP contribution in [0.25, 0.3) is 0 Å². The van der Waals surface area contributed by atoms with Crippen molar-refractivity contribution in [1.82, 2.24) is 4.90 Å². The number of nitrogens with zero attached hydrogens (tertiary/aromatic N) is 1. The van der Waals surface area contributed by atoms with E-state index in [1.807, 2.05) is 0 Å². The number of halogens is 4. The van der Waals surface area contributed by atoms with Crippen LogP contribution in [0.3, 0.4) is 0 Å². The van der Waals surface area contributed by atoms with Crippen LogP contribution in [-0.2, 0) is 23.2 Å². The summed E-state index contributed by atoms with van der Waals surface area (Å²) in [5.74, 6) is 0.135. The van der Waals surface area contributed by atoms with Crippen molar-refractivity contribution in [3.8, 4) is 5.75 Å². The molecule has 9 heteroatoms. The van der Waals surface area contributed by atoms with Gasteiger partial charge in [0.2, 0.25) is 0 Å². The van der Waals surface area contributed by atoms with Gasteiger partial charge in [0.25, 0.3) is 0 Å². The topological polar surface area (TPSA) is 46.6 Å². The molecule has 0 N–H and O–H groups in total. The molecule has 0 radical (unpaired) electrons. The minimum Gasteiger partial charge on any atom is -0.358 e. The average Bonchev–Trinajstić information content (AvgIpc) is 2.62. The lowest BCUT2D eigenvalue weighted by Crippen LogP contribution is -2.32. The Balaban J connectivity index is 1.53. The monoisotopic (exact) mass is 417 g/mol. The van der Waals surface area contributed by atoms with Gasteiger partial charge in [-0.3, -0.25) is 4.90 Å². The van der Waals surface area contributed by atoms with Gasteiger partial charge in [-0.15, -0.1) is 0 Å². The van der Waals surface area contributed by atoms with E-state index in [2.05, 4.69) is 9.08 Å². The third-order valence-electron chi connectivity index (χ3n) is 4.82. The van der Waals surface area contributed by atoms with Crippen molar-refractivity contribution < 1.29 is 29.7 Å². The molecule has 4 nitrogen and oxygen atoms in total. The largest absolute Gasteiger partial charge is 0.488 e. The van der Waals surface area contributed by atoms with E-state index in [1.54, 1.807) is 24.3 Å². The summed E-state index contributed by atoms with van der Waals surface area (Å²) in [5, 5.41) is 0.